The standard InChI is InChI=1S/C14H19NO4/c1-3-9-19-12-6-4-5-11(10-12)14(17)15-8-7-13(16)18-2/h4-6,10H,3,7-9H2,1-2H3,(H,15,17). The topological polar surface area (TPSA) is 64.6 Å². The van der Waals surface area contributed by atoms with Crippen LogP contribution in [0.4, 0.5) is 0 Å². The minimum atomic E-state index is -0.347. The first-order valence-corrected chi connectivity index (χ1v) is 6.25. The molecule has 0 heterocycles. The molecule has 1 amide bonds. The Bertz CT molecular complexity index is 431. The average molecular weight is 265 g/mol. The summed E-state index contributed by atoms with van der Waals surface area (Å²) in [5.74, 6) is 0.0913. The predicted octanol–water partition coefficient (Wildman–Crippen LogP) is 1.77. The Morgan fingerprint density at radius 3 is 2.79 bits per heavy atom. The molecule has 0 atom stereocenters. The van der Waals surface area contributed by atoms with Crippen molar-refractivity contribution in [2.24, 2.45) is 0 Å². The lowest BCUT2D eigenvalue weighted by atomic mass is 10.2. The minimum Gasteiger partial charge on any atom is -0.494 e. The average Bonchev–Trinajstić information content (AvgIpc) is 2.45. The van der Waals surface area contributed by atoms with E-state index in [-0.39, 0.29) is 24.8 Å². The van der Waals surface area contributed by atoms with E-state index >= 15 is 0 Å². The van der Waals surface area contributed by atoms with Crippen LogP contribution < -0.4 is 10.1 Å². The van der Waals surface area contributed by atoms with Crippen LogP contribution in [0.2, 0.25) is 0 Å². The largest absolute Gasteiger partial charge is 0.494 e. The smallest absolute Gasteiger partial charge is 0.307 e. The van der Waals surface area contributed by atoms with Gasteiger partial charge in [0.25, 0.3) is 5.91 Å². The summed E-state index contributed by atoms with van der Waals surface area (Å²) in [5, 5.41) is 2.65. The van der Waals surface area contributed by atoms with Crippen LogP contribution in [0.5, 0.6) is 5.75 Å². The van der Waals surface area contributed by atoms with Gasteiger partial charge in [-0.1, -0.05) is 13.0 Å². The van der Waals surface area contributed by atoms with Gasteiger partial charge < -0.3 is 14.8 Å². The summed E-state index contributed by atoms with van der Waals surface area (Å²) < 4.78 is 9.94. The number of esters is 1. The van der Waals surface area contributed by atoms with Crippen molar-refractivity contribution in [1.29, 1.82) is 0 Å². The summed E-state index contributed by atoms with van der Waals surface area (Å²) in [6.07, 6.45) is 1.07. The fraction of sp³-hybridized carbons (Fsp3) is 0.429. The number of hydrogen-bond acceptors (Lipinski definition) is 4. The molecule has 0 aliphatic rings. The molecular formula is C14H19NO4. The summed E-state index contributed by atoms with van der Waals surface area (Å²) in [5.41, 5.74) is 0.512. The molecule has 0 spiro atoms. The van der Waals surface area contributed by atoms with Crippen LogP contribution in [0.15, 0.2) is 24.3 Å². The zero-order valence-corrected chi connectivity index (χ0v) is 11.3. The van der Waals surface area contributed by atoms with Gasteiger partial charge in [-0.3, -0.25) is 9.59 Å². The van der Waals surface area contributed by atoms with Gasteiger partial charge >= 0.3 is 5.97 Å². The van der Waals surface area contributed by atoms with Crippen LogP contribution in [0.25, 0.3) is 0 Å². The Balaban J connectivity index is 2.49. The number of amides is 1. The molecule has 0 aliphatic heterocycles. The Morgan fingerprint density at radius 2 is 2.11 bits per heavy atom. The van der Waals surface area contributed by atoms with E-state index in [9.17, 15) is 9.59 Å². The molecule has 0 unspecified atom stereocenters. The Labute approximate surface area is 112 Å². The molecule has 0 saturated carbocycles. The number of methoxy groups -OCH3 is 1. The quantitative estimate of drug-likeness (QED) is 0.763. The summed E-state index contributed by atoms with van der Waals surface area (Å²) in [6.45, 7) is 2.89. The first-order valence-electron chi connectivity index (χ1n) is 6.25. The highest BCUT2D eigenvalue weighted by atomic mass is 16.5. The van der Waals surface area contributed by atoms with Crippen LogP contribution in [0.1, 0.15) is 30.1 Å². The number of ether oxygens (including phenoxy) is 2. The minimum absolute atomic E-state index is 0.161. The maximum Gasteiger partial charge on any atom is 0.307 e. The van der Waals surface area contributed by atoms with E-state index in [1.807, 2.05) is 6.92 Å². The van der Waals surface area contributed by atoms with Gasteiger partial charge in [0, 0.05) is 12.1 Å². The van der Waals surface area contributed by atoms with Crippen LogP contribution in [0.3, 0.4) is 0 Å². The van der Waals surface area contributed by atoms with Gasteiger partial charge in [-0.05, 0) is 24.6 Å². The van der Waals surface area contributed by atoms with Gasteiger partial charge in [0.2, 0.25) is 0 Å². The zero-order chi connectivity index (χ0) is 14.1. The second-order valence-corrected chi connectivity index (χ2v) is 3.96. The summed E-state index contributed by atoms with van der Waals surface area (Å²) in [6, 6.07) is 6.95. The molecule has 1 rings (SSSR count). The summed E-state index contributed by atoms with van der Waals surface area (Å²) in [4.78, 5) is 22.7. The van der Waals surface area contributed by atoms with E-state index in [1.54, 1.807) is 24.3 Å². The normalized spacial score (nSPS) is 9.79. The van der Waals surface area contributed by atoms with E-state index in [4.69, 9.17) is 4.74 Å². The number of rotatable bonds is 7. The molecule has 5 nitrogen and oxygen atoms in total. The maximum absolute atomic E-state index is 11.8. The SMILES string of the molecule is CCCOc1cccc(C(=O)NCCC(=O)OC)c1. The maximum atomic E-state index is 11.8. The summed E-state index contributed by atoms with van der Waals surface area (Å²) >= 11 is 0. The molecule has 0 aromatic heterocycles. The summed E-state index contributed by atoms with van der Waals surface area (Å²) in [7, 11) is 1.32. The van der Waals surface area contributed by atoms with Crippen molar-refractivity contribution in [1.82, 2.24) is 5.32 Å². The Kier molecular flexibility index (Phi) is 6.43. The predicted molar refractivity (Wildman–Crippen MR) is 71.2 cm³/mol. The van der Waals surface area contributed by atoms with Crippen LogP contribution >= 0.6 is 0 Å². The molecule has 104 valence electrons. The number of carbonyl (C=O) groups excluding carboxylic acids is 2. The van der Waals surface area contributed by atoms with Gasteiger partial charge in [0.1, 0.15) is 5.75 Å². The molecule has 5 heteroatoms. The van der Waals surface area contributed by atoms with Gasteiger partial charge in [0.15, 0.2) is 0 Å². The fourth-order valence-corrected chi connectivity index (χ4v) is 1.43. The van der Waals surface area contributed by atoms with Crippen molar-refractivity contribution in [2.75, 3.05) is 20.3 Å². The number of benzene rings is 1. The highest BCUT2D eigenvalue weighted by Gasteiger charge is 2.07. The fourth-order valence-electron chi connectivity index (χ4n) is 1.43. The van der Waals surface area contributed by atoms with E-state index < -0.39 is 0 Å². The Morgan fingerprint density at radius 1 is 1.32 bits per heavy atom. The van der Waals surface area contributed by atoms with Crippen molar-refractivity contribution in [2.45, 2.75) is 19.8 Å². The van der Waals surface area contributed by atoms with Gasteiger partial charge in [-0.25, -0.2) is 0 Å². The van der Waals surface area contributed by atoms with Crippen molar-refractivity contribution < 1.29 is 19.1 Å². The lowest BCUT2D eigenvalue weighted by molar-refractivity contribution is -0.140. The molecule has 19 heavy (non-hydrogen) atoms. The van der Waals surface area contributed by atoms with Crippen LogP contribution in [0, 0.1) is 0 Å². The molecule has 1 aromatic carbocycles. The second kappa shape index (κ2) is 8.13. The highest BCUT2D eigenvalue weighted by Crippen LogP contribution is 2.13. The molecule has 0 bridgehead atoms. The van der Waals surface area contributed by atoms with Crippen molar-refractivity contribution in [3.05, 3.63) is 29.8 Å². The molecular weight excluding hydrogens is 246 g/mol. The third-order valence-electron chi connectivity index (χ3n) is 2.41. The molecule has 0 radical (unpaired) electrons. The van der Waals surface area contributed by atoms with E-state index in [1.165, 1.54) is 7.11 Å². The first kappa shape index (κ1) is 15.0. The highest BCUT2D eigenvalue weighted by molar-refractivity contribution is 5.94. The van der Waals surface area contributed by atoms with Crippen molar-refractivity contribution >= 4 is 11.9 Å². The third-order valence-corrected chi connectivity index (χ3v) is 2.41. The van der Waals surface area contributed by atoms with Crippen LogP contribution in [-0.2, 0) is 9.53 Å². The first-order chi connectivity index (χ1) is 9.17. The molecule has 1 aromatic rings. The lowest BCUT2D eigenvalue weighted by Gasteiger charge is -2.07. The molecule has 0 aliphatic carbocycles. The Hall–Kier alpha value is -2.04. The van der Waals surface area contributed by atoms with E-state index in [0.717, 1.165) is 6.42 Å². The van der Waals surface area contributed by atoms with Gasteiger partial charge in [-0.2, -0.15) is 0 Å². The molecule has 0 fully saturated rings. The molecule has 1 N–H and O–H groups in total. The van der Waals surface area contributed by atoms with Crippen molar-refractivity contribution in [3.8, 4) is 5.75 Å². The van der Waals surface area contributed by atoms with Gasteiger partial charge in [-0.15, -0.1) is 0 Å². The van der Waals surface area contributed by atoms with E-state index in [2.05, 4.69) is 10.1 Å². The molecule has 0 saturated heterocycles. The monoisotopic (exact) mass is 265 g/mol. The second-order valence-electron chi connectivity index (χ2n) is 3.96. The van der Waals surface area contributed by atoms with Crippen molar-refractivity contribution in [3.63, 3.8) is 0 Å². The van der Waals surface area contributed by atoms with E-state index in [0.29, 0.717) is 17.9 Å². The zero-order valence-electron chi connectivity index (χ0n) is 11.3. The van der Waals surface area contributed by atoms with Gasteiger partial charge in [0.05, 0.1) is 20.1 Å². The number of carbonyl (C=O) groups is 2. The lowest BCUT2D eigenvalue weighted by Crippen LogP contribution is -2.26. The van der Waals surface area contributed by atoms with Crippen LogP contribution in [-0.4, -0.2) is 32.1 Å². The third kappa shape index (κ3) is 5.42. The number of nitrogens with one attached hydrogen (secondary N) is 1. The number of hydrogen-bond donors (Lipinski definition) is 1.